The summed E-state index contributed by atoms with van der Waals surface area (Å²) in [6, 6.07) is 9.91. The first-order valence-corrected chi connectivity index (χ1v) is 13.8. The van der Waals surface area contributed by atoms with Crippen LogP contribution in [0.3, 0.4) is 0 Å². The van der Waals surface area contributed by atoms with E-state index in [2.05, 4.69) is 20.0 Å². The molecule has 162 valence electrons. The van der Waals surface area contributed by atoms with Crippen LogP contribution in [0.5, 0.6) is 0 Å². The molecule has 0 heterocycles. The molecule has 0 amide bonds. The number of hydrogen-bond donors (Lipinski definition) is 0. The Balaban J connectivity index is 3.50. The summed E-state index contributed by atoms with van der Waals surface area (Å²) in [5, 5.41) is 1.10. The van der Waals surface area contributed by atoms with Crippen molar-refractivity contribution in [3.05, 3.63) is 30.3 Å². The molecule has 1 aromatic rings. The average molecular weight is 421 g/mol. The molecule has 0 saturated heterocycles. The van der Waals surface area contributed by atoms with Crippen LogP contribution in [0, 0.1) is 11.8 Å². The summed E-state index contributed by atoms with van der Waals surface area (Å²) in [5.41, 5.74) is -0.433. The van der Waals surface area contributed by atoms with Gasteiger partial charge in [-0.1, -0.05) is 74.8 Å². The molecule has 0 aliphatic heterocycles. The molecule has 0 spiro atoms. The van der Waals surface area contributed by atoms with Gasteiger partial charge < -0.3 is 14.3 Å². The van der Waals surface area contributed by atoms with E-state index in [4.69, 9.17) is 9.47 Å². The van der Waals surface area contributed by atoms with Crippen molar-refractivity contribution in [3.8, 4) is 0 Å². The molecule has 0 N–H and O–H groups in total. The molecule has 0 unspecified atom stereocenters. The molecule has 0 radical (unpaired) electrons. The van der Waals surface area contributed by atoms with Crippen molar-refractivity contribution in [2.45, 2.75) is 65.1 Å². The van der Waals surface area contributed by atoms with Gasteiger partial charge in [0.1, 0.15) is 6.29 Å². The van der Waals surface area contributed by atoms with Crippen LogP contribution in [0.15, 0.2) is 30.3 Å². The fourth-order valence-electron chi connectivity index (χ4n) is 4.08. The van der Waals surface area contributed by atoms with Gasteiger partial charge in [0.05, 0.1) is 21.3 Å². The molecule has 0 aromatic heterocycles. The Morgan fingerprint density at radius 1 is 0.966 bits per heavy atom. The lowest BCUT2D eigenvalue weighted by Crippen LogP contribution is -2.54. The number of ether oxygens (including phenoxy) is 2. The van der Waals surface area contributed by atoms with Gasteiger partial charge in [-0.05, 0) is 25.8 Å². The van der Waals surface area contributed by atoms with Gasteiger partial charge in [0.15, 0.2) is 5.92 Å². The molecule has 1 rings (SSSR count). The standard InChI is InChI=1S/C23H36O5Si/c1-6-9-11-14-18(17-24)21(29(4,5)19-15-12-10-13-16-19)20(22(25)27-7-2)23(26)28-8-3/h10,12-13,15-18,20-21H,6-9,11,14H2,1-5H3/t18-,21+/m0/s1. The number of carbonyl (C=O) groups is 3. The van der Waals surface area contributed by atoms with Crippen molar-refractivity contribution < 1.29 is 23.9 Å². The van der Waals surface area contributed by atoms with Crippen LogP contribution in [-0.2, 0) is 23.9 Å². The Hall–Kier alpha value is -1.95. The maximum absolute atomic E-state index is 12.9. The summed E-state index contributed by atoms with van der Waals surface area (Å²) in [6.07, 6.45) is 4.51. The fourth-order valence-corrected chi connectivity index (χ4v) is 7.93. The van der Waals surface area contributed by atoms with Gasteiger partial charge in [-0.3, -0.25) is 9.59 Å². The van der Waals surface area contributed by atoms with Gasteiger partial charge in [0.25, 0.3) is 0 Å². The molecule has 0 fully saturated rings. The van der Waals surface area contributed by atoms with Crippen molar-refractivity contribution in [1.29, 1.82) is 0 Å². The van der Waals surface area contributed by atoms with E-state index in [0.717, 1.165) is 30.7 Å². The van der Waals surface area contributed by atoms with E-state index in [1.165, 1.54) is 0 Å². The molecular weight excluding hydrogens is 384 g/mol. The largest absolute Gasteiger partial charge is 0.465 e. The normalized spacial score (nSPS) is 13.6. The van der Waals surface area contributed by atoms with Crippen molar-refractivity contribution in [2.75, 3.05) is 13.2 Å². The first-order chi connectivity index (χ1) is 13.8. The SMILES string of the molecule is CCCCC[C@@H](C=O)[C@H](C(C(=O)OCC)C(=O)OCC)[Si](C)(C)c1ccccc1. The van der Waals surface area contributed by atoms with E-state index in [9.17, 15) is 14.4 Å². The van der Waals surface area contributed by atoms with Gasteiger partial charge in [-0.2, -0.15) is 0 Å². The highest BCUT2D eigenvalue weighted by Crippen LogP contribution is 2.40. The van der Waals surface area contributed by atoms with E-state index in [0.29, 0.717) is 6.42 Å². The molecule has 0 aliphatic carbocycles. The summed E-state index contributed by atoms with van der Waals surface area (Å²) >= 11 is 0. The van der Waals surface area contributed by atoms with Crippen LogP contribution in [-0.4, -0.2) is 39.5 Å². The van der Waals surface area contributed by atoms with Crippen LogP contribution in [0.1, 0.15) is 46.5 Å². The number of hydrogen-bond acceptors (Lipinski definition) is 5. The van der Waals surface area contributed by atoms with E-state index >= 15 is 0 Å². The van der Waals surface area contributed by atoms with Crippen molar-refractivity contribution in [3.63, 3.8) is 0 Å². The van der Waals surface area contributed by atoms with Crippen molar-refractivity contribution in [2.24, 2.45) is 11.8 Å². The third kappa shape index (κ3) is 6.80. The minimum Gasteiger partial charge on any atom is -0.465 e. The second kappa shape index (κ2) is 12.6. The Bertz CT molecular complexity index is 626. The molecule has 29 heavy (non-hydrogen) atoms. The van der Waals surface area contributed by atoms with Crippen LogP contribution in [0.25, 0.3) is 0 Å². The second-order valence-electron chi connectivity index (χ2n) is 7.89. The van der Waals surface area contributed by atoms with E-state index in [1.54, 1.807) is 13.8 Å². The summed E-state index contributed by atoms with van der Waals surface area (Å²) in [7, 11) is -2.43. The maximum Gasteiger partial charge on any atom is 0.320 e. The smallest absolute Gasteiger partial charge is 0.320 e. The lowest BCUT2D eigenvalue weighted by Gasteiger charge is -2.39. The molecule has 6 heteroatoms. The number of aldehydes is 1. The first-order valence-electron chi connectivity index (χ1n) is 10.7. The average Bonchev–Trinajstić information content (AvgIpc) is 2.70. The Morgan fingerprint density at radius 3 is 1.97 bits per heavy atom. The van der Waals surface area contributed by atoms with Gasteiger partial charge >= 0.3 is 11.9 Å². The maximum atomic E-state index is 12.9. The van der Waals surface area contributed by atoms with E-state index in [1.807, 2.05) is 30.3 Å². The third-order valence-corrected chi connectivity index (χ3v) is 9.82. The number of unbranched alkanes of at least 4 members (excludes halogenated alkanes) is 2. The van der Waals surface area contributed by atoms with Gasteiger partial charge in [0.2, 0.25) is 0 Å². The number of carbonyl (C=O) groups excluding carboxylic acids is 3. The van der Waals surface area contributed by atoms with Gasteiger partial charge in [-0.25, -0.2) is 0 Å². The molecule has 0 bridgehead atoms. The van der Waals surface area contributed by atoms with Gasteiger partial charge in [-0.15, -0.1) is 0 Å². The molecule has 2 atom stereocenters. The van der Waals surface area contributed by atoms with Gasteiger partial charge in [0, 0.05) is 5.92 Å². The summed E-state index contributed by atoms with van der Waals surface area (Å²) in [5.74, 6) is -2.67. The Morgan fingerprint density at radius 2 is 1.52 bits per heavy atom. The molecule has 1 aromatic carbocycles. The Kier molecular flexibility index (Phi) is 10.9. The highest BCUT2D eigenvalue weighted by Gasteiger charge is 2.50. The number of esters is 2. The lowest BCUT2D eigenvalue weighted by molar-refractivity contribution is -0.162. The lowest BCUT2D eigenvalue weighted by atomic mass is 9.90. The van der Waals surface area contributed by atoms with E-state index in [-0.39, 0.29) is 13.2 Å². The first kappa shape index (κ1) is 25.1. The highest BCUT2D eigenvalue weighted by molar-refractivity contribution is 6.91. The topological polar surface area (TPSA) is 69.7 Å². The van der Waals surface area contributed by atoms with Crippen molar-refractivity contribution in [1.82, 2.24) is 0 Å². The number of rotatable bonds is 13. The van der Waals surface area contributed by atoms with Crippen LogP contribution in [0.2, 0.25) is 18.6 Å². The molecule has 5 nitrogen and oxygen atoms in total. The van der Waals surface area contributed by atoms with Crippen molar-refractivity contribution >= 4 is 31.5 Å². The van der Waals surface area contributed by atoms with E-state index < -0.39 is 37.4 Å². The molecular formula is C23H36O5Si. The minimum atomic E-state index is -2.43. The third-order valence-electron chi connectivity index (χ3n) is 5.57. The highest BCUT2D eigenvalue weighted by atomic mass is 28.3. The summed E-state index contributed by atoms with van der Waals surface area (Å²) in [6.45, 7) is 10.1. The quantitative estimate of drug-likeness (QED) is 0.158. The summed E-state index contributed by atoms with van der Waals surface area (Å²) in [4.78, 5) is 38.0. The fraction of sp³-hybridized carbons (Fsp3) is 0.609. The zero-order chi connectivity index (χ0) is 21.9. The monoisotopic (exact) mass is 420 g/mol. The zero-order valence-corrected chi connectivity index (χ0v) is 19.5. The second-order valence-corrected chi connectivity index (χ2v) is 12.6. The van der Waals surface area contributed by atoms with Crippen LogP contribution in [0.4, 0.5) is 0 Å². The summed E-state index contributed by atoms with van der Waals surface area (Å²) < 4.78 is 10.5. The van der Waals surface area contributed by atoms with Crippen LogP contribution < -0.4 is 5.19 Å². The van der Waals surface area contributed by atoms with Crippen LogP contribution >= 0.6 is 0 Å². The predicted molar refractivity (Wildman–Crippen MR) is 118 cm³/mol. The zero-order valence-electron chi connectivity index (χ0n) is 18.5. The number of benzene rings is 1. The molecule has 0 saturated carbocycles. The molecule has 0 aliphatic rings. The minimum absolute atomic E-state index is 0.177. The predicted octanol–water partition coefficient (Wildman–Crippen LogP) is 4.11. The Labute approximate surface area is 176 Å².